The smallest absolute Gasteiger partial charge is 0.249 e. The van der Waals surface area contributed by atoms with Crippen molar-refractivity contribution in [3.63, 3.8) is 0 Å². The second kappa shape index (κ2) is 9.42. The summed E-state index contributed by atoms with van der Waals surface area (Å²) in [6.45, 7) is 5.62. The quantitative estimate of drug-likeness (QED) is 0.635. The molecule has 1 aromatic carbocycles. The number of benzene rings is 1. The van der Waals surface area contributed by atoms with Gasteiger partial charge in [0.1, 0.15) is 12.7 Å². The summed E-state index contributed by atoms with van der Waals surface area (Å²) in [7, 11) is -3.42. The maximum absolute atomic E-state index is 12.5. The van der Waals surface area contributed by atoms with Gasteiger partial charge in [0, 0.05) is 10.6 Å². The molecular weight excluding hydrogens is 426 g/mol. The highest BCUT2D eigenvalue weighted by atomic mass is 32.2. The van der Waals surface area contributed by atoms with Crippen LogP contribution in [-0.4, -0.2) is 54.3 Å². The monoisotopic (exact) mass is 453 g/mol. The highest BCUT2D eigenvalue weighted by molar-refractivity contribution is 7.92. The standard InChI is InChI=1S/C20H27N3O5S2/c1-13(2)11-30(26,27)22-16-6-4-15(5-7-16)20-17(9-24)23(19(25)10-28-20)8-18-14(3)21-12-29-18/h4-7,12-13,17,20,22,24H,8-11H2,1-3H3/t17-,20-/m1/s1. The minimum Gasteiger partial charge on any atom is -0.394 e. The van der Waals surface area contributed by atoms with Crippen molar-refractivity contribution in [2.45, 2.75) is 39.5 Å². The first-order valence-electron chi connectivity index (χ1n) is 9.71. The number of carbonyl (C=O) groups is 1. The number of hydrogen-bond acceptors (Lipinski definition) is 7. The second-order valence-corrected chi connectivity index (χ2v) is 10.5. The molecule has 2 atom stereocenters. The molecule has 1 aliphatic heterocycles. The molecule has 164 valence electrons. The first-order valence-corrected chi connectivity index (χ1v) is 12.2. The number of amides is 1. The maximum atomic E-state index is 12.5. The zero-order chi connectivity index (χ0) is 21.9. The highest BCUT2D eigenvalue weighted by Gasteiger charge is 2.37. The molecule has 30 heavy (non-hydrogen) atoms. The number of sulfonamides is 1. The molecule has 10 heteroatoms. The Balaban J connectivity index is 1.77. The van der Waals surface area contributed by atoms with Gasteiger partial charge in [-0.15, -0.1) is 11.3 Å². The Bertz CT molecular complexity index is 973. The summed E-state index contributed by atoms with van der Waals surface area (Å²) < 4.78 is 32.6. The Kier molecular flexibility index (Phi) is 7.12. The fourth-order valence-corrected chi connectivity index (χ4v) is 5.69. The van der Waals surface area contributed by atoms with Crippen LogP contribution in [-0.2, 0) is 26.1 Å². The summed E-state index contributed by atoms with van der Waals surface area (Å²) in [5.41, 5.74) is 3.83. The summed E-state index contributed by atoms with van der Waals surface area (Å²) >= 11 is 1.47. The molecule has 0 saturated carbocycles. The summed E-state index contributed by atoms with van der Waals surface area (Å²) in [5.74, 6) is -0.120. The largest absolute Gasteiger partial charge is 0.394 e. The molecule has 0 bridgehead atoms. The molecule has 2 heterocycles. The van der Waals surface area contributed by atoms with Crippen molar-refractivity contribution in [3.05, 3.63) is 45.9 Å². The van der Waals surface area contributed by atoms with Gasteiger partial charge >= 0.3 is 0 Å². The average Bonchev–Trinajstić information content (AvgIpc) is 3.07. The molecule has 1 saturated heterocycles. The van der Waals surface area contributed by atoms with Crippen LogP contribution in [0.25, 0.3) is 0 Å². The Hall–Kier alpha value is -2.01. The number of nitrogens with zero attached hydrogens (tertiary/aromatic N) is 2. The SMILES string of the molecule is Cc1ncsc1CN1C(=O)CO[C@H](c2ccc(NS(=O)(=O)CC(C)C)cc2)[C@H]1CO. The lowest BCUT2D eigenvalue weighted by molar-refractivity contribution is -0.161. The molecule has 1 fully saturated rings. The van der Waals surface area contributed by atoms with Crippen molar-refractivity contribution in [1.82, 2.24) is 9.88 Å². The number of aliphatic hydroxyl groups is 1. The average molecular weight is 454 g/mol. The van der Waals surface area contributed by atoms with Crippen LogP contribution in [0, 0.1) is 12.8 Å². The maximum Gasteiger partial charge on any atom is 0.249 e. The van der Waals surface area contributed by atoms with Crippen LogP contribution in [0.2, 0.25) is 0 Å². The first-order chi connectivity index (χ1) is 14.2. The van der Waals surface area contributed by atoms with Gasteiger partial charge in [-0.3, -0.25) is 9.52 Å². The summed E-state index contributed by atoms with van der Waals surface area (Å²) in [6.07, 6.45) is -0.512. The van der Waals surface area contributed by atoms with Crippen LogP contribution >= 0.6 is 11.3 Å². The van der Waals surface area contributed by atoms with E-state index >= 15 is 0 Å². The molecule has 1 aliphatic rings. The van der Waals surface area contributed by atoms with Gasteiger partial charge < -0.3 is 14.7 Å². The predicted molar refractivity (Wildman–Crippen MR) is 116 cm³/mol. The molecular formula is C20H27N3O5S2. The third-order valence-electron chi connectivity index (χ3n) is 4.87. The van der Waals surface area contributed by atoms with E-state index in [9.17, 15) is 18.3 Å². The van der Waals surface area contributed by atoms with E-state index in [4.69, 9.17) is 4.74 Å². The molecule has 1 aromatic heterocycles. The van der Waals surface area contributed by atoms with E-state index in [0.29, 0.717) is 12.2 Å². The number of morpholine rings is 1. The fourth-order valence-electron chi connectivity index (χ4n) is 3.46. The van der Waals surface area contributed by atoms with Crippen LogP contribution in [0.3, 0.4) is 0 Å². The molecule has 8 nitrogen and oxygen atoms in total. The number of nitrogens with one attached hydrogen (secondary N) is 1. The molecule has 0 radical (unpaired) electrons. The Morgan fingerprint density at radius 1 is 1.33 bits per heavy atom. The van der Waals surface area contributed by atoms with Gasteiger partial charge in [0.05, 0.1) is 36.2 Å². The lowest BCUT2D eigenvalue weighted by atomic mass is 9.99. The number of anilines is 1. The predicted octanol–water partition coefficient (Wildman–Crippen LogP) is 2.31. The highest BCUT2D eigenvalue weighted by Crippen LogP contribution is 2.31. The number of carbonyl (C=O) groups excluding carboxylic acids is 1. The van der Waals surface area contributed by atoms with Gasteiger partial charge in [0.2, 0.25) is 15.9 Å². The van der Waals surface area contributed by atoms with E-state index in [0.717, 1.165) is 16.1 Å². The number of aliphatic hydroxyl groups excluding tert-OH is 1. The van der Waals surface area contributed by atoms with Gasteiger partial charge in [-0.05, 0) is 30.5 Å². The van der Waals surface area contributed by atoms with Gasteiger partial charge in [-0.25, -0.2) is 13.4 Å². The number of hydrogen-bond donors (Lipinski definition) is 2. The van der Waals surface area contributed by atoms with Crippen LogP contribution in [0.5, 0.6) is 0 Å². The normalized spacial score (nSPS) is 20.0. The van der Waals surface area contributed by atoms with Crippen molar-refractivity contribution in [2.24, 2.45) is 5.92 Å². The molecule has 0 spiro atoms. The lowest BCUT2D eigenvalue weighted by Gasteiger charge is -2.40. The van der Waals surface area contributed by atoms with E-state index in [1.165, 1.54) is 11.3 Å². The molecule has 1 amide bonds. The van der Waals surface area contributed by atoms with Gasteiger partial charge in [0.15, 0.2) is 0 Å². The van der Waals surface area contributed by atoms with E-state index in [1.54, 1.807) is 34.7 Å². The molecule has 0 aliphatic carbocycles. The molecule has 2 N–H and O–H groups in total. The second-order valence-electron chi connectivity index (χ2n) is 7.76. The lowest BCUT2D eigenvalue weighted by Crippen LogP contribution is -2.52. The summed E-state index contributed by atoms with van der Waals surface area (Å²) in [4.78, 5) is 19.3. The third-order valence-corrected chi connectivity index (χ3v) is 7.44. The van der Waals surface area contributed by atoms with E-state index in [1.807, 2.05) is 20.8 Å². The fraction of sp³-hybridized carbons (Fsp3) is 0.500. The van der Waals surface area contributed by atoms with Crippen LogP contribution in [0.4, 0.5) is 5.69 Å². The molecule has 3 rings (SSSR count). The van der Waals surface area contributed by atoms with Crippen LogP contribution in [0.15, 0.2) is 29.8 Å². The van der Waals surface area contributed by atoms with Crippen molar-refractivity contribution in [2.75, 3.05) is 23.7 Å². The zero-order valence-electron chi connectivity index (χ0n) is 17.2. The van der Waals surface area contributed by atoms with Crippen LogP contribution < -0.4 is 4.72 Å². The van der Waals surface area contributed by atoms with Crippen molar-refractivity contribution in [3.8, 4) is 0 Å². The summed E-state index contributed by atoms with van der Waals surface area (Å²) in [5, 5.41) is 10.0. The summed E-state index contributed by atoms with van der Waals surface area (Å²) in [6, 6.07) is 6.30. The number of thiazole rings is 1. The van der Waals surface area contributed by atoms with Crippen molar-refractivity contribution >= 4 is 33.0 Å². The number of aromatic nitrogens is 1. The minimum absolute atomic E-state index is 0.0217. The Labute approximate surface area is 180 Å². The number of ether oxygens (including phenoxy) is 1. The number of rotatable bonds is 8. The van der Waals surface area contributed by atoms with Crippen LogP contribution in [0.1, 0.15) is 36.1 Å². The van der Waals surface area contributed by atoms with E-state index in [2.05, 4.69) is 9.71 Å². The zero-order valence-corrected chi connectivity index (χ0v) is 18.9. The topological polar surface area (TPSA) is 109 Å². The molecule has 0 unspecified atom stereocenters. The Morgan fingerprint density at radius 2 is 2.03 bits per heavy atom. The van der Waals surface area contributed by atoms with Crippen molar-refractivity contribution in [1.29, 1.82) is 0 Å². The van der Waals surface area contributed by atoms with Crippen molar-refractivity contribution < 1.29 is 23.1 Å². The first kappa shape index (κ1) is 22.7. The van der Waals surface area contributed by atoms with Gasteiger partial charge in [0.25, 0.3) is 0 Å². The third kappa shape index (κ3) is 5.37. The van der Waals surface area contributed by atoms with E-state index in [-0.39, 0.29) is 30.8 Å². The van der Waals surface area contributed by atoms with E-state index < -0.39 is 22.2 Å². The Morgan fingerprint density at radius 3 is 2.60 bits per heavy atom. The number of aryl methyl sites for hydroxylation is 1. The molecule has 2 aromatic rings. The van der Waals surface area contributed by atoms with Gasteiger partial charge in [-0.1, -0.05) is 26.0 Å². The minimum atomic E-state index is -3.42. The van der Waals surface area contributed by atoms with Gasteiger partial charge in [-0.2, -0.15) is 0 Å².